The third-order valence-corrected chi connectivity index (χ3v) is 2.52. The van der Waals surface area contributed by atoms with E-state index in [1.54, 1.807) is 0 Å². The first-order valence-electron chi connectivity index (χ1n) is 4.91. The van der Waals surface area contributed by atoms with Gasteiger partial charge in [-0.3, -0.25) is 4.79 Å². The maximum atomic E-state index is 12.5. The first-order chi connectivity index (χ1) is 8.71. The molecule has 0 aliphatic rings. The number of carboxylic acids is 1. The molecule has 100 valence electrons. The van der Waals surface area contributed by atoms with Crippen LogP contribution in [0.5, 0.6) is 5.75 Å². The third-order valence-electron chi connectivity index (χ3n) is 2.52. The molecule has 1 heterocycles. The number of aromatic nitrogens is 1. The van der Waals surface area contributed by atoms with Gasteiger partial charge in [0.1, 0.15) is 0 Å². The van der Waals surface area contributed by atoms with Crippen molar-refractivity contribution in [3.63, 3.8) is 0 Å². The molecular formula is C11H6F3NO4. The molecule has 0 atom stereocenters. The van der Waals surface area contributed by atoms with E-state index in [4.69, 9.17) is 5.11 Å². The van der Waals surface area contributed by atoms with Crippen molar-refractivity contribution < 1.29 is 28.2 Å². The summed E-state index contributed by atoms with van der Waals surface area (Å²) in [5.74, 6) is -2.69. The van der Waals surface area contributed by atoms with Gasteiger partial charge in [-0.15, -0.1) is 0 Å². The number of fused-ring (bicyclic) bond motifs is 1. The average Bonchev–Trinajstić information content (AvgIpc) is 2.31. The molecule has 8 heteroatoms. The molecule has 0 unspecified atom stereocenters. The van der Waals surface area contributed by atoms with Gasteiger partial charge in [0.05, 0.1) is 11.1 Å². The number of rotatable bonds is 1. The number of halogens is 3. The fourth-order valence-corrected chi connectivity index (χ4v) is 1.61. The van der Waals surface area contributed by atoms with Crippen molar-refractivity contribution in [2.45, 2.75) is 6.18 Å². The minimum atomic E-state index is -4.62. The number of H-pyrrole nitrogens is 1. The maximum absolute atomic E-state index is 12.5. The van der Waals surface area contributed by atoms with Gasteiger partial charge in [-0.25, -0.2) is 4.79 Å². The lowest BCUT2D eigenvalue weighted by molar-refractivity contribution is -0.137. The van der Waals surface area contributed by atoms with E-state index >= 15 is 0 Å². The van der Waals surface area contributed by atoms with E-state index in [0.29, 0.717) is 12.1 Å². The summed E-state index contributed by atoms with van der Waals surface area (Å²) in [6.45, 7) is 0. The van der Waals surface area contributed by atoms with Gasteiger partial charge in [0, 0.05) is 5.39 Å². The normalized spacial score (nSPS) is 11.7. The number of pyridine rings is 1. The Bertz CT molecular complexity index is 733. The number of carbonyl (C=O) groups is 1. The van der Waals surface area contributed by atoms with Crippen LogP contribution in [0.1, 0.15) is 16.1 Å². The molecule has 1 aromatic carbocycles. The van der Waals surface area contributed by atoms with Crippen LogP contribution in [0.25, 0.3) is 10.9 Å². The molecule has 1 aromatic heterocycles. The summed E-state index contributed by atoms with van der Waals surface area (Å²) in [6, 6.07) is 2.17. The summed E-state index contributed by atoms with van der Waals surface area (Å²) in [5.41, 5.74) is -3.23. The fourth-order valence-electron chi connectivity index (χ4n) is 1.61. The molecule has 0 fully saturated rings. The van der Waals surface area contributed by atoms with Crippen LogP contribution in [-0.2, 0) is 6.18 Å². The highest BCUT2D eigenvalue weighted by molar-refractivity contribution is 5.93. The van der Waals surface area contributed by atoms with Gasteiger partial charge in [-0.1, -0.05) is 0 Å². The SMILES string of the molecule is O=C(O)c1[nH]c2cc(C(F)(F)F)ccc2c(=O)c1O. The van der Waals surface area contributed by atoms with Crippen LogP contribution < -0.4 is 5.43 Å². The van der Waals surface area contributed by atoms with Gasteiger partial charge in [0.15, 0.2) is 11.4 Å². The highest BCUT2D eigenvalue weighted by Crippen LogP contribution is 2.30. The zero-order valence-corrected chi connectivity index (χ0v) is 9.08. The Balaban J connectivity index is 2.84. The number of aromatic amines is 1. The fraction of sp³-hybridized carbons (Fsp3) is 0.0909. The Morgan fingerprint density at radius 3 is 2.42 bits per heavy atom. The van der Waals surface area contributed by atoms with Gasteiger partial charge >= 0.3 is 12.1 Å². The predicted molar refractivity (Wildman–Crippen MR) is 58.2 cm³/mol. The number of benzene rings is 1. The van der Waals surface area contributed by atoms with Crippen LogP contribution >= 0.6 is 0 Å². The Morgan fingerprint density at radius 2 is 1.89 bits per heavy atom. The zero-order valence-electron chi connectivity index (χ0n) is 9.08. The van der Waals surface area contributed by atoms with Crippen molar-refractivity contribution in [1.82, 2.24) is 4.98 Å². The van der Waals surface area contributed by atoms with Crippen molar-refractivity contribution in [3.8, 4) is 5.75 Å². The number of hydrogen-bond acceptors (Lipinski definition) is 3. The summed E-state index contributed by atoms with van der Waals surface area (Å²) in [6.07, 6.45) is -4.62. The second-order valence-electron chi connectivity index (χ2n) is 3.74. The first-order valence-corrected chi connectivity index (χ1v) is 4.91. The molecule has 0 aliphatic carbocycles. The number of nitrogens with one attached hydrogen (secondary N) is 1. The van der Waals surface area contributed by atoms with Crippen LogP contribution in [0.15, 0.2) is 23.0 Å². The molecule has 0 spiro atoms. The van der Waals surface area contributed by atoms with E-state index in [1.165, 1.54) is 0 Å². The van der Waals surface area contributed by atoms with E-state index in [-0.39, 0.29) is 10.9 Å². The number of alkyl halides is 3. The molecule has 5 nitrogen and oxygen atoms in total. The quantitative estimate of drug-likeness (QED) is 0.740. The lowest BCUT2D eigenvalue weighted by atomic mass is 10.1. The van der Waals surface area contributed by atoms with Gasteiger partial charge in [-0.05, 0) is 18.2 Å². The van der Waals surface area contributed by atoms with Crippen molar-refractivity contribution in [1.29, 1.82) is 0 Å². The molecule has 2 aromatic rings. The Morgan fingerprint density at radius 1 is 1.26 bits per heavy atom. The third kappa shape index (κ3) is 2.12. The van der Waals surface area contributed by atoms with E-state index in [1.807, 2.05) is 0 Å². The minimum absolute atomic E-state index is 0.226. The van der Waals surface area contributed by atoms with Crippen LogP contribution in [0.4, 0.5) is 13.2 Å². The minimum Gasteiger partial charge on any atom is -0.502 e. The van der Waals surface area contributed by atoms with Crippen molar-refractivity contribution in [3.05, 3.63) is 39.7 Å². The first kappa shape index (κ1) is 12.9. The molecule has 0 radical (unpaired) electrons. The molecule has 0 bridgehead atoms. The Hall–Kier alpha value is -2.51. The molecule has 3 N–H and O–H groups in total. The Labute approximate surface area is 102 Å². The summed E-state index contributed by atoms with van der Waals surface area (Å²) in [7, 11) is 0. The van der Waals surface area contributed by atoms with Gasteiger partial charge in [-0.2, -0.15) is 13.2 Å². The summed E-state index contributed by atoms with van der Waals surface area (Å²) >= 11 is 0. The molecule has 0 amide bonds. The maximum Gasteiger partial charge on any atom is 0.416 e. The van der Waals surface area contributed by atoms with Crippen molar-refractivity contribution in [2.75, 3.05) is 0 Å². The molecule has 19 heavy (non-hydrogen) atoms. The number of carboxylic acid groups (broad SMARTS) is 1. The number of aromatic carboxylic acids is 1. The standard InChI is InChI=1S/C11H6F3NO4/c12-11(13,14)4-1-2-5-6(3-4)15-7(10(18)19)9(17)8(5)16/h1-3,17H,(H,15,16)(H,18,19). The van der Waals surface area contributed by atoms with Crippen LogP contribution in [0.3, 0.4) is 0 Å². The topological polar surface area (TPSA) is 90.4 Å². The van der Waals surface area contributed by atoms with Crippen LogP contribution in [0.2, 0.25) is 0 Å². The molecule has 0 saturated carbocycles. The molecule has 2 rings (SSSR count). The van der Waals surface area contributed by atoms with E-state index in [0.717, 1.165) is 6.07 Å². The number of hydrogen-bond donors (Lipinski definition) is 3. The average molecular weight is 273 g/mol. The van der Waals surface area contributed by atoms with Crippen LogP contribution in [-0.4, -0.2) is 21.2 Å². The van der Waals surface area contributed by atoms with Crippen LogP contribution in [0, 0.1) is 0 Å². The van der Waals surface area contributed by atoms with Gasteiger partial charge in [0.25, 0.3) is 0 Å². The smallest absolute Gasteiger partial charge is 0.416 e. The largest absolute Gasteiger partial charge is 0.502 e. The Kier molecular flexibility index (Phi) is 2.73. The van der Waals surface area contributed by atoms with Crippen molar-refractivity contribution >= 4 is 16.9 Å². The summed E-state index contributed by atoms with van der Waals surface area (Å²) in [5, 5.41) is 17.8. The van der Waals surface area contributed by atoms with Crippen molar-refractivity contribution in [2.24, 2.45) is 0 Å². The monoisotopic (exact) mass is 273 g/mol. The summed E-state index contributed by atoms with van der Waals surface area (Å²) in [4.78, 5) is 24.4. The summed E-state index contributed by atoms with van der Waals surface area (Å²) < 4.78 is 37.5. The van der Waals surface area contributed by atoms with E-state index in [9.17, 15) is 27.9 Å². The highest BCUT2D eigenvalue weighted by atomic mass is 19.4. The molecule has 0 aliphatic heterocycles. The zero-order chi connectivity index (χ0) is 14.4. The second kappa shape index (κ2) is 4.01. The van der Waals surface area contributed by atoms with E-state index < -0.39 is 34.6 Å². The highest BCUT2D eigenvalue weighted by Gasteiger charge is 2.31. The van der Waals surface area contributed by atoms with E-state index in [2.05, 4.69) is 4.98 Å². The van der Waals surface area contributed by atoms with Gasteiger partial charge < -0.3 is 15.2 Å². The second-order valence-corrected chi connectivity index (χ2v) is 3.74. The molecule has 0 saturated heterocycles. The predicted octanol–water partition coefficient (Wildman–Crippen LogP) is 1.95. The lowest BCUT2D eigenvalue weighted by Crippen LogP contribution is -2.12. The molecular weight excluding hydrogens is 267 g/mol. The lowest BCUT2D eigenvalue weighted by Gasteiger charge is -2.08. The number of aromatic hydroxyl groups is 1. The van der Waals surface area contributed by atoms with Gasteiger partial charge in [0.2, 0.25) is 5.43 Å².